The molecule has 0 radical (unpaired) electrons. The summed E-state index contributed by atoms with van der Waals surface area (Å²) < 4.78 is 11.1. The van der Waals surface area contributed by atoms with E-state index in [2.05, 4.69) is 39.2 Å². The number of rotatable bonds is 5. The molecule has 0 aliphatic heterocycles. The highest BCUT2D eigenvalue weighted by Crippen LogP contribution is 2.36. The Morgan fingerprint density at radius 2 is 1.80 bits per heavy atom. The SMILES string of the molecule is CC(C)(C)[Si](C)(C)OCCNC(=O)Oc1ccccc1. The first-order chi connectivity index (χ1) is 9.22. The minimum absolute atomic E-state index is 0.178. The van der Waals surface area contributed by atoms with Gasteiger partial charge in [-0.2, -0.15) is 0 Å². The first-order valence-electron chi connectivity index (χ1n) is 6.87. The van der Waals surface area contributed by atoms with E-state index in [1.165, 1.54) is 0 Å². The minimum Gasteiger partial charge on any atom is -0.415 e. The molecule has 20 heavy (non-hydrogen) atoms. The van der Waals surface area contributed by atoms with Crippen molar-refractivity contribution in [2.24, 2.45) is 0 Å². The maximum absolute atomic E-state index is 11.6. The van der Waals surface area contributed by atoms with Crippen molar-refractivity contribution in [1.82, 2.24) is 5.32 Å². The highest BCUT2D eigenvalue weighted by atomic mass is 28.4. The average molecular weight is 295 g/mol. The van der Waals surface area contributed by atoms with Crippen molar-refractivity contribution in [2.75, 3.05) is 13.2 Å². The molecular weight excluding hydrogens is 270 g/mol. The highest BCUT2D eigenvalue weighted by molar-refractivity contribution is 6.74. The Bertz CT molecular complexity index is 426. The van der Waals surface area contributed by atoms with Gasteiger partial charge in [-0.1, -0.05) is 39.0 Å². The molecule has 1 rings (SSSR count). The minimum atomic E-state index is -1.74. The zero-order chi connectivity index (χ0) is 15.2. The molecule has 0 aliphatic carbocycles. The van der Waals surface area contributed by atoms with Crippen LogP contribution in [0.5, 0.6) is 5.75 Å². The van der Waals surface area contributed by atoms with Gasteiger partial charge in [-0.05, 0) is 30.3 Å². The van der Waals surface area contributed by atoms with E-state index in [9.17, 15) is 4.79 Å². The number of hydrogen-bond donors (Lipinski definition) is 1. The normalized spacial score (nSPS) is 12.1. The predicted octanol–water partition coefficient (Wildman–Crippen LogP) is 3.80. The number of hydrogen-bond acceptors (Lipinski definition) is 3. The third-order valence-electron chi connectivity index (χ3n) is 3.59. The van der Waals surface area contributed by atoms with Crippen LogP contribution in [0.4, 0.5) is 4.79 Å². The van der Waals surface area contributed by atoms with Crippen LogP contribution >= 0.6 is 0 Å². The molecule has 1 aromatic carbocycles. The third-order valence-corrected chi connectivity index (χ3v) is 8.13. The van der Waals surface area contributed by atoms with E-state index in [4.69, 9.17) is 9.16 Å². The van der Waals surface area contributed by atoms with Gasteiger partial charge in [-0.3, -0.25) is 0 Å². The second-order valence-corrected chi connectivity index (χ2v) is 11.0. The molecule has 0 saturated carbocycles. The Labute approximate surface area is 122 Å². The van der Waals surface area contributed by atoms with Gasteiger partial charge in [0.2, 0.25) is 0 Å². The molecular formula is C15H25NO3Si. The molecule has 0 saturated heterocycles. The molecule has 4 nitrogen and oxygen atoms in total. The van der Waals surface area contributed by atoms with Crippen molar-refractivity contribution in [2.45, 2.75) is 38.9 Å². The van der Waals surface area contributed by atoms with E-state index >= 15 is 0 Å². The van der Waals surface area contributed by atoms with Gasteiger partial charge in [-0.25, -0.2) is 4.79 Å². The largest absolute Gasteiger partial charge is 0.415 e. The number of amides is 1. The van der Waals surface area contributed by atoms with Crippen molar-refractivity contribution in [1.29, 1.82) is 0 Å². The van der Waals surface area contributed by atoms with Crippen molar-refractivity contribution in [3.05, 3.63) is 30.3 Å². The lowest BCUT2D eigenvalue weighted by Crippen LogP contribution is -2.43. The molecule has 1 amide bonds. The number of benzene rings is 1. The molecule has 0 atom stereocenters. The second kappa shape index (κ2) is 6.90. The number of carbonyl (C=O) groups is 1. The average Bonchev–Trinajstić information content (AvgIpc) is 2.34. The van der Waals surface area contributed by atoms with Gasteiger partial charge >= 0.3 is 6.09 Å². The highest BCUT2D eigenvalue weighted by Gasteiger charge is 2.36. The molecule has 5 heteroatoms. The number of carbonyl (C=O) groups excluding carboxylic acids is 1. The summed E-state index contributed by atoms with van der Waals surface area (Å²) in [7, 11) is -1.74. The Morgan fingerprint density at radius 3 is 2.35 bits per heavy atom. The van der Waals surface area contributed by atoms with Gasteiger partial charge in [-0.15, -0.1) is 0 Å². The summed E-state index contributed by atoms with van der Waals surface area (Å²) in [6.45, 7) is 11.9. The van der Waals surface area contributed by atoms with Crippen LogP contribution in [0.1, 0.15) is 20.8 Å². The van der Waals surface area contributed by atoms with Crippen LogP contribution in [-0.2, 0) is 4.43 Å². The maximum atomic E-state index is 11.6. The van der Waals surface area contributed by atoms with Gasteiger partial charge in [0.05, 0.1) is 6.61 Å². The van der Waals surface area contributed by atoms with Crippen LogP contribution in [0.15, 0.2) is 30.3 Å². The van der Waals surface area contributed by atoms with Crippen LogP contribution in [-0.4, -0.2) is 27.6 Å². The van der Waals surface area contributed by atoms with Crippen molar-refractivity contribution < 1.29 is 14.0 Å². The van der Waals surface area contributed by atoms with Crippen LogP contribution in [0, 0.1) is 0 Å². The van der Waals surface area contributed by atoms with E-state index in [0.717, 1.165) is 0 Å². The molecule has 112 valence electrons. The first-order valence-corrected chi connectivity index (χ1v) is 9.78. The van der Waals surface area contributed by atoms with E-state index in [1.54, 1.807) is 12.1 Å². The van der Waals surface area contributed by atoms with Crippen LogP contribution in [0.25, 0.3) is 0 Å². The fraction of sp³-hybridized carbons (Fsp3) is 0.533. The zero-order valence-corrected chi connectivity index (χ0v) is 14.0. The standard InChI is InChI=1S/C15H25NO3Si/c1-15(2,3)20(4,5)18-12-11-16-14(17)19-13-9-7-6-8-10-13/h6-10H,11-12H2,1-5H3,(H,16,17). The van der Waals surface area contributed by atoms with Crippen molar-refractivity contribution >= 4 is 14.4 Å². The molecule has 1 N–H and O–H groups in total. The van der Waals surface area contributed by atoms with Gasteiger partial charge in [0.25, 0.3) is 0 Å². The van der Waals surface area contributed by atoms with E-state index in [-0.39, 0.29) is 5.04 Å². The Balaban J connectivity index is 2.26. The number of nitrogens with one attached hydrogen (secondary N) is 1. The molecule has 0 bridgehead atoms. The molecule has 1 aromatic rings. The van der Waals surface area contributed by atoms with Gasteiger partial charge in [0, 0.05) is 6.54 Å². The summed E-state index contributed by atoms with van der Waals surface area (Å²) in [5, 5.41) is 2.87. The topological polar surface area (TPSA) is 47.6 Å². The molecule has 0 aromatic heterocycles. The smallest absolute Gasteiger partial charge is 0.412 e. The Morgan fingerprint density at radius 1 is 1.20 bits per heavy atom. The molecule has 0 unspecified atom stereocenters. The lowest BCUT2D eigenvalue weighted by atomic mass is 10.2. The van der Waals surface area contributed by atoms with Crippen LogP contribution < -0.4 is 10.1 Å². The second-order valence-electron chi connectivity index (χ2n) is 6.24. The molecule has 0 aliphatic rings. The molecule has 0 spiro atoms. The van der Waals surface area contributed by atoms with Gasteiger partial charge in [0.1, 0.15) is 5.75 Å². The quantitative estimate of drug-likeness (QED) is 0.664. The van der Waals surface area contributed by atoms with Crippen LogP contribution in [0.3, 0.4) is 0 Å². The Hall–Kier alpha value is -1.33. The van der Waals surface area contributed by atoms with Crippen LogP contribution in [0.2, 0.25) is 18.1 Å². The lowest BCUT2D eigenvalue weighted by Gasteiger charge is -2.36. The predicted molar refractivity (Wildman–Crippen MR) is 83.6 cm³/mol. The van der Waals surface area contributed by atoms with Gasteiger partial charge < -0.3 is 14.5 Å². The van der Waals surface area contributed by atoms with Crippen molar-refractivity contribution in [3.63, 3.8) is 0 Å². The van der Waals surface area contributed by atoms with E-state index in [0.29, 0.717) is 18.9 Å². The monoisotopic (exact) mass is 295 g/mol. The molecule has 0 fully saturated rings. The third kappa shape index (κ3) is 5.34. The Kier molecular flexibility index (Phi) is 5.77. The van der Waals surface area contributed by atoms with Gasteiger partial charge in [0.15, 0.2) is 8.32 Å². The van der Waals surface area contributed by atoms with E-state index < -0.39 is 14.4 Å². The first kappa shape index (κ1) is 16.7. The number of para-hydroxylation sites is 1. The summed E-state index contributed by atoms with van der Waals surface area (Å²) in [4.78, 5) is 11.6. The molecule has 0 heterocycles. The van der Waals surface area contributed by atoms with E-state index in [1.807, 2.05) is 18.2 Å². The lowest BCUT2D eigenvalue weighted by molar-refractivity contribution is 0.196. The summed E-state index contributed by atoms with van der Waals surface area (Å²) in [6, 6.07) is 9.00. The summed E-state index contributed by atoms with van der Waals surface area (Å²) in [5.41, 5.74) is 0. The van der Waals surface area contributed by atoms with Crippen molar-refractivity contribution in [3.8, 4) is 5.75 Å². The zero-order valence-electron chi connectivity index (χ0n) is 13.0. The maximum Gasteiger partial charge on any atom is 0.412 e. The number of ether oxygens (including phenoxy) is 1. The fourth-order valence-electron chi connectivity index (χ4n) is 1.31. The summed E-state index contributed by atoms with van der Waals surface area (Å²) >= 11 is 0. The fourth-order valence-corrected chi connectivity index (χ4v) is 2.35. The summed E-state index contributed by atoms with van der Waals surface area (Å²) in [6.07, 6.45) is -0.449. The summed E-state index contributed by atoms with van der Waals surface area (Å²) in [5.74, 6) is 0.537.